The lowest BCUT2D eigenvalue weighted by Crippen LogP contribution is -2.47. The van der Waals surface area contributed by atoms with Crippen molar-refractivity contribution in [2.24, 2.45) is 0 Å². The van der Waals surface area contributed by atoms with E-state index in [1.54, 1.807) is 12.4 Å². The molecule has 0 aliphatic carbocycles. The van der Waals surface area contributed by atoms with Crippen LogP contribution in [-0.2, 0) is 0 Å². The third kappa shape index (κ3) is 2.61. The normalized spacial score (nSPS) is 15.6. The maximum atomic E-state index is 6.07. The zero-order valence-corrected chi connectivity index (χ0v) is 11.2. The van der Waals surface area contributed by atoms with Crippen molar-refractivity contribution in [3.63, 3.8) is 0 Å². The highest BCUT2D eigenvalue weighted by Gasteiger charge is 2.20. The minimum atomic E-state index is 0.472. The summed E-state index contributed by atoms with van der Waals surface area (Å²) in [5, 5.41) is 0.472. The summed E-state index contributed by atoms with van der Waals surface area (Å²) in [6.45, 7) is 3.66. The lowest BCUT2D eigenvalue weighted by Gasteiger charge is -2.36. The molecule has 0 spiro atoms. The molecule has 1 saturated heterocycles. The third-order valence-corrected chi connectivity index (χ3v) is 3.51. The number of hydrogen-bond acceptors (Lipinski definition) is 5. The van der Waals surface area contributed by atoms with E-state index in [1.807, 2.05) is 24.5 Å². The molecule has 3 rings (SSSR count). The fourth-order valence-corrected chi connectivity index (χ4v) is 2.48. The molecular formula is C13H14ClN5. The Morgan fingerprint density at radius 3 is 2.16 bits per heavy atom. The Morgan fingerprint density at radius 2 is 1.47 bits per heavy atom. The highest BCUT2D eigenvalue weighted by molar-refractivity contribution is 6.31. The van der Waals surface area contributed by atoms with Crippen LogP contribution in [0.3, 0.4) is 0 Å². The van der Waals surface area contributed by atoms with Gasteiger partial charge in [-0.3, -0.25) is 4.98 Å². The summed E-state index contributed by atoms with van der Waals surface area (Å²) in [5.41, 5.74) is 1.21. The lowest BCUT2D eigenvalue weighted by molar-refractivity contribution is 0.646. The van der Waals surface area contributed by atoms with Crippen molar-refractivity contribution in [1.29, 1.82) is 0 Å². The van der Waals surface area contributed by atoms with Crippen molar-refractivity contribution >= 4 is 23.1 Å². The van der Waals surface area contributed by atoms with Gasteiger partial charge in [-0.05, 0) is 12.1 Å². The third-order valence-electron chi connectivity index (χ3n) is 3.24. The molecule has 0 radical (unpaired) electrons. The van der Waals surface area contributed by atoms with E-state index in [-0.39, 0.29) is 0 Å². The first-order valence-corrected chi connectivity index (χ1v) is 6.59. The first-order chi connectivity index (χ1) is 9.34. The number of halogens is 1. The number of aromatic nitrogens is 3. The second kappa shape index (κ2) is 5.40. The molecule has 0 aromatic carbocycles. The molecule has 0 atom stereocenters. The van der Waals surface area contributed by atoms with Crippen LogP contribution in [0.2, 0.25) is 5.15 Å². The average Bonchev–Trinajstić information content (AvgIpc) is 2.49. The molecular weight excluding hydrogens is 262 g/mol. The summed E-state index contributed by atoms with van der Waals surface area (Å²) >= 11 is 6.07. The van der Waals surface area contributed by atoms with Crippen LogP contribution in [0.4, 0.5) is 11.5 Å². The van der Waals surface area contributed by atoms with Crippen LogP contribution in [0.5, 0.6) is 0 Å². The molecule has 2 aromatic heterocycles. The van der Waals surface area contributed by atoms with Gasteiger partial charge in [0.05, 0.1) is 0 Å². The van der Waals surface area contributed by atoms with Crippen LogP contribution in [0, 0.1) is 0 Å². The second-order valence-electron chi connectivity index (χ2n) is 4.35. The number of hydrogen-bond donors (Lipinski definition) is 0. The van der Waals surface area contributed by atoms with E-state index >= 15 is 0 Å². The van der Waals surface area contributed by atoms with Crippen LogP contribution in [0.1, 0.15) is 0 Å². The largest absolute Gasteiger partial charge is 0.368 e. The molecule has 0 unspecified atom stereocenters. The fraction of sp³-hybridized carbons (Fsp3) is 0.308. The number of nitrogens with zero attached hydrogens (tertiary/aromatic N) is 5. The van der Waals surface area contributed by atoms with Crippen LogP contribution in [-0.4, -0.2) is 41.1 Å². The van der Waals surface area contributed by atoms with Gasteiger partial charge in [0, 0.05) is 56.7 Å². The molecule has 3 heterocycles. The summed E-state index contributed by atoms with van der Waals surface area (Å²) in [7, 11) is 0. The number of anilines is 2. The zero-order valence-electron chi connectivity index (χ0n) is 10.4. The minimum absolute atomic E-state index is 0.472. The van der Waals surface area contributed by atoms with Crippen molar-refractivity contribution in [1.82, 2.24) is 15.0 Å². The Bertz CT molecular complexity index is 540. The van der Waals surface area contributed by atoms with Gasteiger partial charge in [0.15, 0.2) is 11.0 Å². The highest BCUT2D eigenvalue weighted by atomic mass is 35.5. The first-order valence-electron chi connectivity index (χ1n) is 6.21. The molecule has 0 amide bonds. The van der Waals surface area contributed by atoms with E-state index < -0.39 is 0 Å². The molecule has 98 valence electrons. The maximum absolute atomic E-state index is 6.07. The van der Waals surface area contributed by atoms with Crippen molar-refractivity contribution in [2.45, 2.75) is 0 Å². The molecule has 19 heavy (non-hydrogen) atoms. The van der Waals surface area contributed by atoms with E-state index in [0.29, 0.717) is 5.15 Å². The smallest absolute Gasteiger partial charge is 0.171 e. The van der Waals surface area contributed by atoms with Gasteiger partial charge in [0.2, 0.25) is 0 Å². The van der Waals surface area contributed by atoms with E-state index in [9.17, 15) is 0 Å². The first kappa shape index (κ1) is 12.2. The van der Waals surface area contributed by atoms with Crippen molar-refractivity contribution in [3.05, 3.63) is 42.1 Å². The van der Waals surface area contributed by atoms with Crippen LogP contribution >= 0.6 is 11.6 Å². The minimum Gasteiger partial charge on any atom is -0.368 e. The van der Waals surface area contributed by atoms with Crippen LogP contribution < -0.4 is 9.80 Å². The Balaban J connectivity index is 1.69. The molecule has 2 aromatic rings. The maximum Gasteiger partial charge on any atom is 0.171 e. The molecule has 0 bridgehead atoms. The van der Waals surface area contributed by atoms with Gasteiger partial charge in [0.25, 0.3) is 0 Å². The van der Waals surface area contributed by atoms with Gasteiger partial charge in [0.1, 0.15) is 0 Å². The predicted octanol–water partition coefficient (Wildman–Crippen LogP) is 1.85. The molecule has 6 heteroatoms. The summed E-state index contributed by atoms with van der Waals surface area (Å²) < 4.78 is 0. The topological polar surface area (TPSA) is 45.2 Å². The van der Waals surface area contributed by atoms with Gasteiger partial charge in [-0.2, -0.15) is 0 Å². The van der Waals surface area contributed by atoms with Crippen LogP contribution in [0.15, 0.2) is 36.9 Å². The van der Waals surface area contributed by atoms with Crippen molar-refractivity contribution < 1.29 is 0 Å². The lowest BCUT2D eigenvalue weighted by atomic mass is 10.2. The number of piperazine rings is 1. The summed E-state index contributed by atoms with van der Waals surface area (Å²) in [6, 6.07) is 4.07. The van der Waals surface area contributed by atoms with Crippen LogP contribution in [0.25, 0.3) is 0 Å². The van der Waals surface area contributed by atoms with Gasteiger partial charge >= 0.3 is 0 Å². The summed E-state index contributed by atoms with van der Waals surface area (Å²) in [4.78, 5) is 16.9. The SMILES string of the molecule is Clc1nccnc1N1CCN(c2ccncc2)CC1. The van der Waals surface area contributed by atoms with E-state index in [4.69, 9.17) is 11.6 Å². The molecule has 1 fully saturated rings. The highest BCUT2D eigenvalue weighted by Crippen LogP contribution is 2.22. The fourth-order valence-electron chi connectivity index (χ4n) is 2.26. The van der Waals surface area contributed by atoms with E-state index in [1.165, 1.54) is 5.69 Å². The van der Waals surface area contributed by atoms with E-state index in [2.05, 4.69) is 24.8 Å². The molecule has 5 nitrogen and oxygen atoms in total. The van der Waals surface area contributed by atoms with Gasteiger partial charge < -0.3 is 9.80 Å². The van der Waals surface area contributed by atoms with E-state index in [0.717, 1.165) is 32.0 Å². The monoisotopic (exact) mass is 275 g/mol. The molecule has 0 saturated carbocycles. The Hall–Kier alpha value is -1.88. The van der Waals surface area contributed by atoms with Crippen molar-refractivity contribution in [3.8, 4) is 0 Å². The van der Waals surface area contributed by atoms with Crippen molar-refractivity contribution in [2.75, 3.05) is 36.0 Å². The second-order valence-corrected chi connectivity index (χ2v) is 4.71. The predicted molar refractivity (Wildman–Crippen MR) is 75.7 cm³/mol. The zero-order chi connectivity index (χ0) is 13.1. The summed E-state index contributed by atoms with van der Waals surface area (Å²) in [6.07, 6.45) is 6.93. The van der Waals surface area contributed by atoms with Gasteiger partial charge in [-0.1, -0.05) is 11.6 Å². The standard InChI is InChI=1S/C13H14ClN5/c14-12-13(17-6-5-16-12)19-9-7-18(8-10-19)11-1-3-15-4-2-11/h1-6H,7-10H2. The average molecular weight is 276 g/mol. The quantitative estimate of drug-likeness (QED) is 0.837. The Kier molecular flexibility index (Phi) is 3.46. The summed E-state index contributed by atoms with van der Waals surface area (Å²) in [5.74, 6) is 0.776. The molecule has 0 N–H and O–H groups in total. The number of pyridine rings is 1. The molecule has 1 aliphatic heterocycles. The molecule has 1 aliphatic rings. The Labute approximate surface area is 116 Å². The van der Waals surface area contributed by atoms with Gasteiger partial charge in [-0.25, -0.2) is 9.97 Å². The number of rotatable bonds is 2. The van der Waals surface area contributed by atoms with Gasteiger partial charge in [-0.15, -0.1) is 0 Å². The Morgan fingerprint density at radius 1 is 0.842 bits per heavy atom.